The lowest BCUT2D eigenvalue weighted by Crippen LogP contribution is -1.97. The van der Waals surface area contributed by atoms with Gasteiger partial charge in [-0.15, -0.1) is 0 Å². The Morgan fingerprint density at radius 3 is 1.00 bits per heavy atom. The largest absolute Gasteiger partial charge is 0.457 e. The highest BCUT2D eigenvalue weighted by atomic mass is 16.5. The van der Waals surface area contributed by atoms with E-state index in [4.69, 9.17) is 4.74 Å². The van der Waals surface area contributed by atoms with E-state index in [1.165, 1.54) is 224 Å². The molecule has 0 radical (unpaired) electrons. The maximum Gasteiger partial charge on any atom is 0.127 e. The minimum absolute atomic E-state index is 0.932. The number of rotatable bonds is 36. The number of ether oxygens (including phenoxy) is 1. The second-order valence-corrected chi connectivity index (χ2v) is 15.5. The van der Waals surface area contributed by atoms with Gasteiger partial charge in [-0.2, -0.15) is 0 Å². The van der Waals surface area contributed by atoms with Crippen molar-refractivity contribution in [1.29, 1.82) is 0 Å². The second-order valence-electron chi connectivity index (χ2n) is 15.5. The Labute approximate surface area is 307 Å². The number of benzene rings is 2. The SMILES string of the molecule is CCCCCCCCCCCCCCCCCCc1ccc(Oc2ccccc2)cc1CCCCCCCCCCCCCCCCCC. The summed E-state index contributed by atoms with van der Waals surface area (Å²) in [6.45, 7) is 4.61. The van der Waals surface area contributed by atoms with Crippen molar-refractivity contribution < 1.29 is 4.74 Å². The lowest BCUT2D eigenvalue weighted by molar-refractivity contribution is 0.481. The van der Waals surface area contributed by atoms with Crippen LogP contribution in [-0.4, -0.2) is 0 Å². The van der Waals surface area contributed by atoms with Gasteiger partial charge in [0.15, 0.2) is 0 Å². The molecule has 0 fully saturated rings. The van der Waals surface area contributed by atoms with Gasteiger partial charge in [0.1, 0.15) is 11.5 Å². The smallest absolute Gasteiger partial charge is 0.127 e. The van der Waals surface area contributed by atoms with Crippen LogP contribution < -0.4 is 4.74 Å². The molecule has 2 aromatic rings. The third-order valence-corrected chi connectivity index (χ3v) is 10.8. The van der Waals surface area contributed by atoms with Gasteiger partial charge < -0.3 is 4.74 Å². The van der Waals surface area contributed by atoms with Gasteiger partial charge in [0.05, 0.1) is 0 Å². The molecule has 0 atom stereocenters. The zero-order valence-electron chi connectivity index (χ0n) is 33.1. The van der Waals surface area contributed by atoms with Crippen LogP contribution in [0, 0.1) is 0 Å². The summed E-state index contributed by atoms with van der Waals surface area (Å²) in [7, 11) is 0. The summed E-state index contributed by atoms with van der Waals surface area (Å²) in [5, 5.41) is 0. The quantitative estimate of drug-likeness (QED) is 0.0654. The Hall–Kier alpha value is -1.76. The Kier molecular flexibility index (Phi) is 29.6. The molecule has 280 valence electrons. The Morgan fingerprint density at radius 2 is 0.633 bits per heavy atom. The molecule has 1 nitrogen and oxygen atoms in total. The molecule has 0 aliphatic carbocycles. The summed E-state index contributed by atoms with van der Waals surface area (Å²) >= 11 is 0. The van der Waals surface area contributed by atoms with Crippen molar-refractivity contribution in [2.45, 2.75) is 232 Å². The highest BCUT2D eigenvalue weighted by Gasteiger charge is 2.07. The molecule has 0 saturated heterocycles. The molecule has 1 heteroatoms. The molecule has 2 rings (SSSR count). The van der Waals surface area contributed by atoms with E-state index < -0.39 is 0 Å². The Balaban J connectivity index is 1.56. The molecular weight excluding hydrogens is 593 g/mol. The van der Waals surface area contributed by atoms with E-state index in [0.717, 1.165) is 11.5 Å². The highest BCUT2D eigenvalue weighted by Crippen LogP contribution is 2.27. The molecule has 0 saturated carbocycles. The van der Waals surface area contributed by atoms with Crippen LogP contribution in [0.3, 0.4) is 0 Å². The third-order valence-electron chi connectivity index (χ3n) is 10.8. The minimum Gasteiger partial charge on any atom is -0.457 e. The zero-order chi connectivity index (χ0) is 34.7. The van der Waals surface area contributed by atoms with Crippen LogP contribution in [0.5, 0.6) is 11.5 Å². The highest BCUT2D eigenvalue weighted by molar-refractivity contribution is 5.38. The first-order valence-electron chi connectivity index (χ1n) is 22.2. The van der Waals surface area contributed by atoms with Crippen molar-refractivity contribution in [3.63, 3.8) is 0 Å². The molecule has 0 aromatic heterocycles. The first-order valence-corrected chi connectivity index (χ1v) is 22.2. The van der Waals surface area contributed by atoms with Crippen molar-refractivity contribution in [1.82, 2.24) is 0 Å². The number of para-hydroxylation sites is 1. The van der Waals surface area contributed by atoms with Gasteiger partial charge in [-0.1, -0.05) is 231 Å². The van der Waals surface area contributed by atoms with Crippen LogP contribution in [0.4, 0.5) is 0 Å². The van der Waals surface area contributed by atoms with E-state index in [1.807, 2.05) is 0 Å². The average molecular weight is 675 g/mol. The predicted molar refractivity (Wildman–Crippen MR) is 219 cm³/mol. The number of unbranched alkanes of at least 4 members (excludes halogenated alkanes) is 30. The summed E-state index contributed by atoms with van der Waals surface area (Å²) in [5.41, 5.74) is 3.09. The van der Waals surface area contributed by atoms with E-state index in [2.05, 4.69) is 62.4 Å². The maximum atomic E-state index is 6.24. The first-order chi connectivity index (χ1) is 24.3. The molecule has 2 aromatic carbocycles. The Bertz CT molecular complexity index is 949. The van der Waals surface area contributed by atoms with Crippen molar-refractivity contribution in [3.8, 4) is 11.5 Å². The number of hydrogen-bond acceptors (Lipinski definition) is 1. The molecule has 0 heterocycles. The monoisotopic (exact) mass is 675 g/mol. The summed E-state index contributed by atoms with van der Waals surface area (Å²) < 4.78 is 6.24. The van der Waals surface area contributed by atoms with Crippen molar-refractivity contribution >= 4 is 0 Å². The average Bonchev–Trinajstić information content (AvgIpc) is 3.12. The fourth-order valence-electron chi connectivity index (χ4n) is 7.49. The normalized spacial score (nSPS) is 11.4. The topological polar surface area (TPSA) is 9.23 Å². The minimum atomic E-state index is 0.932. The van der Waals surface area contributed by atoms with Crippen LogP contribution in [0.25, 0.3) is 0 Å². The van der Waals surface area contributed by atoms with Gasteiger partial charge in [-0.3, -0.25) is 0 Å². The first kappa shape index (κ1) is 43.4. The van der Waals surface area contributed by atoms with Crippen LogP contribution >= 0.6 is 0 Å². The van der Waals surface area contributed by atoms with Crippen molar-refractivity contribution in [3.05, 3.63) is 59.7 Å². The third kappa shape index (κ3) is 25.8. The van der Waals surface area contributed by atoms with Gasteiger partial charge in [0.2, 0.25) is 0 Å². The van der Waals surface area contributed by atoms with E-state index in [9.17, 15) is 0 Å². The molecule has 0 aliphatic rings. The number of aryl methyl sites for hydroxylation is 2. The molecule has 0 bridgehead atoms. The molecule has 0 spiro atoms. The van der Waals surface area contributed by atoms with Crippen molar-refractivity contribution in [2.75, 3.05) is 0 Å². The molecule has 0 amide bonds. The molecule has 0 N–H and O–H groups in total. The van der Waals surface area contributed by atoms with Crippen LogP contribution in [0.15, 0.2) is 48.5 Å². The number of hydrogen-bond donors (Lipinski definition) is 0. The van der Waals surface area contributed by atoms with E-state index >= 15 is 0 Å². The predicted octanol–water partition coefficient (Wildman–Crippen LogP) is 17.1. The summed E-state index contributed by atoms with van der Waals surface area (Å²) in [6.07, 6.45) is 48.1. The zero-order valence-corrected chi connectivity index (χ0v) is 33.1. The fourth-order valence-corrected chi connectivity index (χ4v) is 7.49. The van der Waals surface area contributed by atoms with E-state index in [1.54, 1.807) is 5.56 Å². The van der Waals surface area contributed by atoms with Crippen LogP contribution in [-0.2, 0) is 12.8 Å². The maximum absolute atomic E-state index is 6.24. The standard InChI is InChI=1S/C48H82O/c1-3-5-7-9-11-13-15-17-19-21-23-25-27-29-31-34-38-45-42-43-48(49-47-40-36-33-37-41-47)44-46(45)39-35-32-30-28-26-24-22-20-18-16-14-12-10-8-6-4-2/h33,36-37,40-44H,3-32,34-35,38-39H2,1-2H3. The van der Waals surface area contributed by atoms with Gasteiger partial charge >= 0.3 is 0 Å². The van der Waals surface area contributed by atoms with Crippen LogP contribution in [0.2, 0.25) is 0 Å². The summed E-state index contributed by atoms with van der Waals surface area (Å²) in [6, 6.07) is 17.2. The van der Waals surface area contributed by atoms with Gasteiger partial charge in [-0.25, -0.2) is 0 Å². The molecule has 49 heavy (non-hydrogen) atoms. The molecular formula is C48H82O. The Morgan fingerprint density at radius 1 is 0.306 bits per heavy atom. The second kappa shape index (κ2) is 33.4. The van der Waals surface area contributed by atoms with Gasteiger partial charge in [0, 0.05) is 0 Å². The van der Waals surface area contributed by atoms with E-state index in [-0.39, 0.29) is 0 Å². The lowest BCUT2D eigenvalue weighted by atomic mass is 9.96. The van der Waals surface area contributed by atoms with E-state index in [0.29, 0.717) is 0 Å². The fraction of sp³-hybridized carbons (Fsp3) is 0.750. The van der Waals surface area contributed by atoms with Crippen molar-refractivity contribution in [2.24, 2.45) is 0 Å². The van der Waals surface area contributed by atoms with Gasteiger partial charge in [-0.05, 0) is 61.1 Å². The lowest BCUT2D eigenvalue weighted by Gasteiger charge is -2.13. The molecule has 0 unspecified atom stereocenters. The summed E-state index contributed by atoms with van der Waals surface area (Å²) in [5.74, 6) is 1.93. The summed E-state index contributed by atoms with van der Waals surface area (Å²) in [4.78, 5) is 0. The van der Waals surface area contributed by atoms with Gasteiger partial charge in [0.25, 0.3) is 0 Å². The van der Waals surface area contributed by atoms with Crippen LogP contribution in [0.1, 0.15) is 230 Å². The molecule has 0 aliphatic heterocycles.